The summed E-state index contributed by atoms with van der Waals surface area (Å²) in [6, 6.07) is 2.53. The van der Waals surface area contributed by atoms with Crippen LogP contribution < -0.4 is 4.74 Å². The number of nitrogens with zero attached hydrogens (tertiary/aromatic N) is 1. The maximum Gasteiger partial charge on any atom is 0.259 e. The number of carbonyl (C=O) groups excluding carboxylic acids is 1. The van der Waals surface area contributed by atoms with E-state index >= 15 is 0 Å². The van der Waals surface area contributed by atoms with Crippen molar-refractivity contribution in [2.75, 3.05) is 20.7 Å². The summed E-state index contributed by atoms with van der Waals surface area (Å²) in [6.07, 6.45) is 0. The zero-order valence-electron chi connectivity index (χ0n) is 9.65. The molecule has 0 fully saturated rings. The lowest BCUT2D eigenvalue weighted by molar-refractivity contribution is -0.130. The molecule has 1 N–H and O–H groups in total. The van der Waals surface area contributed by atoms with E-state index in [0.717, 1.165) is 0 Å². The van der Waals surface area contributed by atoms with Crippen LogP contribution in [-0.4, -0.2) is 40.3 Å². The summed E-state index contributed by atoms with van der Waals surface area (Å²) in [4.78, 5) is 12.8. The first-order valence-corrected chi connectivity index (χ1v) is 6.62. The smallest absolute Gasteiger partial charge is 0.259 e. The first-order chi connectivity index (χ1) is 8.32. The van der Waals surface area contributed by atoms with Gasteiger partial charge >= 0.3 is 0 Å². The molecule has 0 aliphatic carbocycles. The lowest BCUT2D eigenvalue weighted by Gasteiger charge is -2.13. The van der Waals surface area contributed by atoms with E-state index in [2.05, 4.69) is 0 Å². The number of amides is 1. The van der Waals surface area contributed by atoms with Crippen LogP contribution in [0.25, 0.3) is 0 Å². The van der Waals surface area contributed by atoms with Gasteiger partial charge in [0.2, 0.25) is 0 Å². The van der Waals surface area contributed by atoms with Gasteiger partial charge in [0, 0.05) is 14.1 Å². The van der Waals surface area contributed by atoms with Crippen LogP contribution in [0.15, 0.2) is 17.0 Å². The topological polar surface area (TPSA) is 66.8 Å². The van der Waals surface area contributed by atoms with Gasteiger partial charge in [-0.05, 0) is 12.1 Å². The van der Waals surface area contributed by atoms with Gasteiger partial charge in [-0.3, -0.25) is 4.79 Å². The highest BCUT2D eigenvalue weighted by Gasteiger charge is 2.14. The molecular formula is C10H11Cl2NO4S. The Morgan fingerprint density at radius 3 is 2.28 bits per heavy atom. The Morgan fingerprint density at radius 1 is 1.39 bits per heavy atom. The lowest BCUT2D eigenvalue weighted by atomic mass is 10.3. The predicted molar refractivity (Wildman–Crippen MR) is 69.7 cm³/mol. The first kappa shape index (κ1) is 15.2. The number of rotatable bonds is 4. The maximum atomic E-state index is 11.3. The van der Waals surface area contributed by atoms with Crippen LogP contribution in [-0.2, 0) is 15.9 Å². The molecule has 1 aromatic carbocycles. The number of likely N-dealkylation sites (N-methyl/N-ethyl adjacent to an activating group) is 1. The summed E-state index contributed by atoms with van der Waals surface area (Å²) in [7, 11) is 3.18. The Bertz CT molecular complexity index is 470. The fourth-order valence-electron chi connectivity index (χ4n) is 1.04. The van der Waals surface area contributed by atoms with Gasteiger partial charge in [-0.15, -0.1) is 0 Å². The monoisotopic (exact) mass is 311 g/mol. The van der Waals surface area contributed by atoms with Gasteiger partial charge < -0.3 is 14.2 Å². The minimum Gasteiger partial charge on any atom is -0.481 e. The molecule has 0 heterocycles. The molecule has 1 rings (SSSR count). The highest BCUT2D eigenvalue weighted by Crippen LogP contribution is 2.34. The molecule has 0 aromatic heterocycles. The van der Waals surface area contributed by atoms with Crippen molar-refractivity contribution in [1.82, 2.24) is 4.90 Å². The number of halogens is 2. The van der Waals surface area contributed by atoms with Gasteiger partial charge in [-0.2, -0.15) is 0 Å². The average Bonchev–Trinajstić information content (AvgIpc) is 2.26. The Kier molecular flexibility index (Phi) is 5.40. The summed E-state index contributed by atoms with van der Waals surface area (Å²) in [5.41, 5.74) is 0. The van der Waals surface area contributed by atoms with Crippen molar-refractivity contribution in [3.63, 3.8) is 0 Å². The fraction of sp³-hybridized carbons (Fsp3) is 0.300. The molecule has 100 valence electrons. The van der Waals surface area contributed by atoms with Crippen molar-refractivity contribution in [2.45, 2.75) is 4.90 Å². The highest BCUT2D eigenvalue weighted by molar-refractivity contribution is 7.79. The minimum absolute atomic E-state index is 0.0660. The van der Waals surface area contributed by atoms with Gasteiger partial charge in [-0.25, -0.2) is 4.21 Å². The van der Waals surface area contributed by atoms with E-state index in [-0.39, 0.29) is 33.2 Å². The van der Waals surface area contributed by atoms with Gasteiger partial charge in [0.25, 0.3) is 5.91 Å². The molecule has 0 radical (unpaired) electrons. The summed E-state index contributed by atoms with van der Waals surface area (Å²) in [6.45, 7) is -0.214. The molecular weight excluding hydrogens is 301 g/mol. The Hall–Kier alpha value is -0.820. The van der Waals surface area contributed by atoms with E-state index in [1.54, 1.807) is 14.1 Å². The lowest BCUT2D eigenvalue weighted by Crippen LogP contribution is -2.27. The third-order valence-electron chi connectivity index (χ3n) is 2.01. The summed E-state index contributed by atoms with van der Waals surface area (Å²) < 4.78 is 25.0. The number of benzene rings is 1. The number of carbonyl (C=O) groups is 1. The molecule has 1 aromatic rings. The van der Waals surface area contributed by atoms with Crippen molar-refractivity contribution >= 4 is 40.2 Å². The molecule has 1 unspecified atom stereocenters. The first-order valence-electron chi connectivity index (χ1n) is 4.75. The number of hydrogen-bond donors (Lipinski definition) is 1. The molecule has 1 amide bonds. The second-order valence-electron chi connectivity index (χ2n) is 3.54. The van der Waals surface area contributed by atoms with Crippen LogP contribution in [0.5, 0.6) is 5.75 Å². The normalized spacial score (nSPS) is 12.1. The molecule has 1 atom stereocenters. The SMILES string of the molecule is CN(C)C(=O)COc1c(Cl)cc(S(=O)O)cc1Cl. The molecule has 0 aliphatic rings. The van der Waals surface area contributed by atoms with E-state index < -0.39 is 11.1 Å². The Labute approximate surface area is 117 Å². The van der Waals surface area contributed by atoms with Crippen molar-refractivity contribution in [3.8, 4) is 5.75 Å². The van der Waals surface area contributed by atoms with Crippen LogP contribution in [0.2, 0.25) is 10.0 Å². The standard InChI is InChI=1S/C10H11Cl2NO4S/c1-13(2)9(14)5-17-10-7(11)3-6(18(15)16)4-8(10)12/h3-4H,5H2,1-2H3,(H,15,16). The molecule has 5 nitrogen and oxygen atoms in total. The molecule has 0 bridgehead atoms. The van der Waals surface area contributed by atoms with Crippen LogP contribution in [0, 0.1) is 0 Å². The third kappa shape index (κ3) is 3.84. The molecule has 0 spiro atoms. The highest BCUT2D eigenvalue weighted by atomic mass is 35.5. The molecule has 0 aliphatic heterocycles. The fourth-order valence-corrected chi connectivity index (χ4v) is 2.20. The minimum atomic E-state index is -2.18. The van der Waals surface area contributed by atoms with Gasteiger partial charge in [-0.1, -0.05) is 23.2 Å². The average molecular weight is 312 g/mol. The predicted octanol–water partition coefficient (Wildman–Crippen LogP) is 2.04. The van der Waals surface area contributed by atoms with E-state index in [1.165, 1.54) is 17.0 Å². The largest absolute Gasteiger partial charge is 0.481 e. The quantitative estimate of drug-likeness (QED) is 0.864. The number of hydrogen-bond acceptors (Lipinski definition) is 3. The second-order valence-corrected chi connectivity index (χ2v) is 5.33. The Morgan fingerprint density at radius 2 is 1.89 bits per heavy atom. The number of ether oxygens (including phenoxy) is 1. The van der Waals surface area contributed by atoms with Crippen molar-refractivity contribution in [3.05, 3.63) is 22.2 Å². The summed E-state index contributed by atoms with van der Waals surface area (Å²) in [5.74, 6) is -0.139. The van der Waals surface area contributed by atoms with Crippen LogP contribution >= 0.6 is 23.2 Å². The summed E-state index contributed by atoms with van der Waals surface area (Å²) >= 11 is 9.55. The zero-order chi connectivity index (χ0) is 13.9. The van der Waals surface area contributed by atoms with Crippen LogP contribution in [0.1, 0.15) is 0 Å². The van der Waals surface area contributed by atoms with E-state index in [4.69, 9.17) is 32.5 Å². The van der Waals surface area contributed by atoms with E-state index in [9.17, 15) is 9.00 Å². The van der Waals surface area contributed by atoms with Crippen molar-refractivity contribution < 1.29 is 18.3 Å². The van der Waals surface area contributed by atoms with Gasteiger partial charge in [0.05, 0.1) is 14.9 Å². The molecule has 0 saturated carbocycles. The van der Waals surface area contributed by atoms with Crippen molar-refractivity contribution in [1.29, 1.82) is 0 Å². The zero-order valence-corrected chi connectivity index (χ0v) is 12.0. The molecule has 8 heteroatoms. The van der Waals surface area contributed by atoms with Crippen LogP contribution in [0.3, 0.4) is 0 Å². The van der Waals surface area contributed by atoms with E-state index in [0.29, 0.717) is 0 Å². The van der Waals surface area contributed by atoms with Crippen molar-refractivity contribution in [2.24, 2.45) is 0 Å². The van der Waals surface area contributed by atoms with Crippen LogP contribution in [0.4, 0.5) is 0 Å². The molecule has 0 saturated heterocycles. The third-order valence-corrected chi connectivity index (χ3v) is 3.21. The van der Waals surface area contributed by atoms with Gasteiger partial charge in [0.15, 0.2) is 23.4 Å². The molecule has 18 heavy (non-hydrogen) atoms. The second kappa shape index (κ2) is 6.38. The van der Waals surface area contributed by atoms with E-state index in [1.807, 2.05) is 0 Å². The Balaban J connectivity index is 2.91. The maximum absolute atomic E-state index is 11.3. The van der Waals surface area contributed by atoms with Gasteiger partial charge in [0.1, 0.15) is 0 Å². The summed E-state index contributed by atoms with van der Waals surface area (Å²) in [5, 5.41) is 0.151.